The zero-order valence-electron chi connectivity index (χ0n) is 14.5. The highest BCUT2D eigenvalue weighted by atomic mass is 35.5. The van der Waals surface area contributed by atoms with Crippen LogP contribution in [0.3, 0.4) is 0 Å². The van der Waals surface area contributed by atoms with Gasteiger partial charge in [0.15, 0.2) is 0 Å². The lowest BCUT2D eigenvalue weighted by atomic mass is 9.95. The molecule has 0 radical (unpaired) electrons. The van der Waals surface area contributed by atoms with Crippen molar-refractivity contribution in [2.24, 2.45) is 5.16 Å². The van der Waals surface area contributed by atoms with Crippen molar-refractivity contribution < 1.29 is 9.57 Å². The molecule has 0 N–H and O–H groups in total. The molecule has 2 heterocycles. The Morgan fingerprint density at radius 2 is 2.07 bits per heavy atom. The number of nitrogens with zero attached hydrogens (tertiary/aromatic N) is 3. The lowest BCUT2D eigenvalue weighted by Gasteiger charge is -2.33. The van der Waals surface area contributed by atoms with Crippen LogP contribution < -0.4 is 4.74 Å². The van der Waals surface area contributed by atoms with Crippen LogP contribution in [0.4, 0.5) is 0 Å². The smallest absolute Gasteiger partial charge is 0.143 e. The van der Waals surface area contributed by atoms with E-state index in [2.05, 4.69) is 10.1 Å². The summed E-state index contributed by atoms with van der Waals surface area (Å²) < 4.78 is 8.04. The quantitative estimate of drug-likeness (QED) is 0.569. The van der Waals surface area contributed by atoms with Gasteiger partial charge in [-0.25, -0.2) is 4.98 Å². The summed E-state index contributed by atoms with van der Waals surface area (Å²) in [6.45, 7) is 2.25. The van der Waals surface area contributed by atoms with Crippen LogP contribution >= 0.6 is 23.2 Å². The SMILES string of the molecule is C[C@@H]1Oc2ccccc2/C(=N/OCc2ccc(Cl)cc2Cl)[C@H]1n1ccnc1. The van der Waals surface area contributed by atoms with Gasteiger partial charge < -0.3 is 14.1 Å². The first-order valence-electron chi connectivity index (χ1n) is 8.51. The Morgan fingerprint density at radius 1 is 1.22 bits per heavy atom. The van der Waals surface area contributed by atoms with Crippen molar-refractivity contribution in [3.8, 4) is 5.75 Å². The second kappa shape index (κ2) is 7.62. The molecule has 5 nitrogen and oxygen atoms in total. The monoisotopic (exact) mass is 401 g/mol. The molecule has 138 valence electrons. The highest BCUT2D eigenvalue weighted by Crippen LogP contribution is 2.34. The minimum atomic E-state index is -0.150. The number of imidazole rings is 1. The molecule has 27 heavy (non-hydrogen) atoms. The molecule has 2 atom stereocenters. The molecular formula is C20H17Cl2N3O2. The molecule has 0 unspecified atom stereocenters. The summed E-state index contributed by atoms with van der Waals surface area (Å²) in [7, 11) is 0. The van der Waals surface area contributed by atoms with Gasteiger partial charge in [0.2, 0.25) is 0 Å². The molecule has 0 aliphatic carbocycles. The Kier molecular flexibility index (Phi) is 5.05. The van der Waals surface area contributed by atoms with Crippen LogP contribution in [-0.2, 0) is 11.4 Å². The zero-order chi connectivity index (χ0) is 18.8. The number of hydrogen-bond acceptors (Lipinski definition) is 4. The summed E-state index contributed by atoms with van der Waals surface area (Å²) >= 11 is 12.2. The predicted octanol–water partition coefficient (Wildman–Crippen LogP) is 5.13. The van der Waals surface area contributed by atoms with Crippen LogP contribution in [0.1, 0.15) is 24.1 Å². The molecule has 1 aromatic heterocycles. The number of rotatable bonds is 4. The molecule has 1 aliphatic rings. The summed E-state index contributed by atoms with van der Waals surface area (Å²) in [4.78, 5) is 9.84. The van der Waals surface area contributed by atoms with Gasteiger partial charge in [0, 0.05) is 33.6 Å². The molecule has 0 bridgehead atoms. The zero-order valence-corrected chi connectivity index (χ0v) is 16.1. The predicted molar refractivity (Wildman–Crippen MR) is 106 cm³/mol. The van der Waals surface area contributed by atoms with Gasteiger partial charge in [0.1, 0.15) is 30.2 Å². The van der Waals surface area contributed by atoms with E-state index in [1.807, 2.05) is 48.0 Å². The first-order chi connectivity index (χ1) is 13.1. The third-order valence-electron chi connectivity index (χ3n) is 4.44. The van der Waals surface area contributed by atoms with E-state index in [0.717, 1.165) is 22.6 Å². The maximum Gasteiger partial charge on any atom is 0.143 e. The van der Waals surface area contributed by atoms with E-state index < -0.39 is 0 Å². The van der Waals surface area contributed by atoms with Crippen LogP contribution in [0.5, 0.6) is 5.75 Å². The molecule has 0 amide bonds. The number of fused-ring (bicyclic) bond motifs is 1. The number of aromatic nitrogens is 2. The highest BCUT2D eigenvalue weighted by Gasteiger charge is 2.34. The summed E-state index contributed by atoms with van der Waals surface area (Å²) in [6, 6.07) is 12.9. The van der Waals surface area contributed by atoms with Crippen LogP contribution in [0.25, 0.3) is 0 Å². The van der Waals surface area contributed by atoms with Gasteiger partial charge in [-0.3, -0.25) is 0 Å². The first kappa shape index (κ1) is 17.9. The van der Waals surface area contributed by atoms with Crippen molar-refractivity contribution in [1.82, 2.24) is 9.55 Å². The van der Waals surface area contributed by atoms with Crippen LogP contribution in [0, 0.1) is 0 Å². The number of benzene rings is 2. The van der Waals surface area contributed by atoms with Crippen LogP contribution in [-0.4, -0.2) is 21.4 Å². The van der Waals surface area contributed by atoms with Gasteiger partial charge in [-0.15, -0.1) is 0 Å². The minimum absolute atomic E-state index is 0.129. The Labute approximate surface area is 167 Å². The lowest BCUT2D eigenvalue weighted by Crippen LogP contribution is -2.37. The van der Waals surface area contributed by atoms with E-state index in [9.17, 15) is 0 Å². The Bertz CT molecular complexity index is 973. The fourth-order valence-corrected chi connectivity index (χ4v) is 3.62. The number of oxime groups is 1. The molecule has 0 fully saturated rings. The van der Waals surface area contributed by atoms with Gasteiger partial charge in [0.25, 0.3) is 0 Å². The summed E-state index contributed by atoms with van der Waals surface area (Å²) in [5, 5.41) is 5.60. The highest BCUT2D eigenvalue weighted by molar-refractivity contribution is 6.35. The molecule has 1 aliphatic heterocycles. The van der Waals surface area contributed by atoms with Crippen molar-refractivity contribution >= 4 is 28.9 Å². The van der Waals surface area contributed by atoms with Crippen molar-refractivity contribution in [1.29, 1.82) is 0 Å². The molecule has 0 saturated carbocycles. The number of hydrogen-bond donors (Lipinski definition) is 0. The van der Waals surface area contributed by atoms with E-state index in [0.29, 0.717) is 10.0 Å². The van der Waals surface area contributed by atoms with E-state index in [4.69, 9.17) is 32.8 Å². The topological polar surface area (TPSA) is 48.6 Å². The Balaban J connectivity index is 1.66. The van der Waals surface area contributed by atoms with E-state index in [1.54, 1.807) is 24.7 Å². The van der Waals surface area contributed by atoms with Crippen molar-refractivity contribution in [2.75, 3.05) is 0 Å². The number of ether oxygens (including phenoxy) is 1. The lowest BCUT2D eigenvalue weighted by molar-refractivity contribution is 0.122. The molecule has 4 rings (SSSR count). The Hall–Kier alpha value is -2.50. The van der Waals surface area contributed by atoms with Gasteiger partial charge in [0.05, 0.1) is 6.33 Å². The Morgan fingerprint density at radius 3 is 2.85 bits per heavy atom. The molecular weight excluding hydrogens is 385 g/mol. The largest absolute Gasteiger partial charge is 0.487 e. The number of halogens is 2. The molecule has 7 heteroatoms. The van der Waals surface area contributed by atoms with Crippen LogP contribution in [0.2, 0.25) is 10.0 Å². The summed E-state index contributed by atoms with van der Waals surface area (Å²) in [5.41, 5.74) is 2.50. The maximum absolute atomic E-state index is 6.22. The fourth-order valence-electron chi connectivity index (χ4n) is 3.16. The summed E-state index contributed by atoms with van der Waals surface area (Å²) in [5.74, 6) is 0.785. The van der Waals surface area contributed by atoms with Crippen molar-refractivity contribution in [3.63, 3.8) is 0 Å². The maximum atomic E-state index is 6.22. The molecule has 0 saturated heterocycles. The van der Waals surface area contributed by atoms with Gasteiger partial charge in [-0.2, -0.15) is 0 Å². The van der Waals surface area contributed by atoms with Crippen LogP contribution in [0.15, 0.2) is 66.3 Å². The minimum Gasteiger partial charge on any atom is -0.487 e. The normalized spacial score (nSPS) is 20.2. The van der Waals surface area contributed by atoms with Crippen molar-refractivity contribution in [3.05, 3.63) is 82.4 Å². The standard InChI is InChI=1S/C20H17Cl2N3O2/c1-13-20(25-9-8-23-12-25)19(16-4-2-3-5-18(16)27-13)24-26-11-14-6-7-15(21)10-17(14)22/h2-10,12-13,20H,11H2,1H3/b24-19-/t13-,20-/m0/s1. The molecule has 3 aromatic rings. The van der Waals surface area contributed by atoms with Gasteiger partial charge in [-0.1, -0.05) is 46.6 Å². The fraction of sp³-hybridized carbons (Fsp3) is 0.200. The molecule has 0 spiro atoms. The third-order valence-corrected chi connectivity index (χ3v) is 5.03. The third kappa shape index (κ3) is 3.66. The van der Waals surface area contributed by atoms with Gasteiger partial charge in [-0.05, 0) is 31.2 Å². The first-order valence-corrected chi connectivity index (χ1v) is 9.26. The molecule has 2 aromatic carbocycles. The van der Waals surface area contributed by atoms with Gasteiger partial charge >= 0.3 is 0 Å². The van der Waals surface area contributed by atoms with E-state index in [1.165, 1.54) is 0 Å². The second-order valence-electron chi connectivity index (χ2n) is 6.26. The average molecular weight is 402 g/mol. The van der Waals surface area contributed by atoms with Crippen molar-refractivity contribution in [2.45, 2.75) is 25.7 Å². The summed E-state index contributed by atoms with van der Waals surface area (Å²) in [6.07, 6.45) is 5.25. The van der Waals surface area contributed by atoms with E-state index in [-0.39, 0.29) is 18.8 Å². The average Bonchev–Trinajstić information content (AvgIpc) is 3.17. The number of para-hydroxylation sites is 1. The second-order valence-corrected chi connectivity index (χ2v) is 7.10. The van der Waals surface area contributed by atoms with E-state index >= 15 is 0 Å².